The van der Waals surface area contributed by atoms with Gasteiger partial charge in [0, 0.05) is 13.1 Å². The summed E-state index contributed by atoms with van der Waals surface area (Å²) in [6, 6.07) is 13.0. The largest absolute Gasteiger partial charge is 0.483 e. The summed E-state index contributed by atoms with van der Waals surface area (Å²) >= 11 is 0. The van der Waals surface area contributed by atoms with Crippen LogP contribution in [0.25, 0.3) is 0 Å². The highest BCUT2D eigenvalue weighted by molar-refractivity contribution is 6.04. The van der Waals surface area contributed by atoms with E-state index in [9.17, 15) is 9.59 Å². The Kier molecular flexibility index (Phi) is 6.34. The van der Waals surface area contributed by atoms with Crippen LogP contribution < -0.4 is 10.1 Å². The van der Waals surface area contributed by atoms with Crippen LogP contribution in [0.2, 0.25) is 0 Å². The van der Waals surface area contributed by atoms with Crippen LogP contribution in [0.1, 0.15) is 41.3 Å². The second-order valence-corrected chi connectivity index (χ2v) is 7.58. The minimum absolute atomic E-state index is 0.0292. The Bertz CT molecular complexity index is 834. The van der Waals surface area contributed by atoms with Gasteiger partial charge in [-0.3, -0.25) is 9.59 Å². The number of hydrogen-bond acceptors (Lipinski definition) is 3. The van der Waals surface area contributed by atoms with Crippen molar-refractivity contribution < 1.29 is 14.3 Å². The molecule has 1 saturated heterocycles. The first kappa shape index (κ1) is 19.9. The van der Waals surface area contributed by atoms with Crippen LogP contribution in [0.15, 0.2) is 42.5 Å². The van der Waals surface area contributed by atoms with Crippen LogP contribution in [0, 0.1) is 19.8 Å². The van der Waals surface area contributed by atoms with Crippen molar-refractivity contribution in [2.45, 2.75) is 33.6 Å². The van der Waals surface area contributed by atoms with Gasteiger partial charge in [-0.15, -0.1) is 0 Å². The molecule has 0 unspecified atom stereocenters. The van der Waals surface area contributed by atoms with Crippen LogP contribution in [-0.2, 0) is 4.79 Å². The van der Waals surface area contributed by atoms with E-state index in [2.05, 4.69) is 12.2 Å². The smallest absolute Gasteiger partial charge is 0.262 e. The lowest BCUT2D eigenvalue weighted by Gasteiger charge is -2.30. The zero-order valence-electron chi connectivity index (χ0n) is 16.8. The van der Waals surface area contributed by atoms with E-state index in [0.29, 0.717) is 17.2 Å². The first-order valence-corrected chi connectivity index (χ1v) is 9.83. The maximum absolute atomic E-state index is 12.9. The number of amides is 2. The van der Waals surface area contributed by atoms with Gasteiger partial charge in [-0.25, -0.2) is 0 Å². The van der Waals surface area contributed by atoms with Gasteiger partial charge >= 0.3 is 0 Å². The summed E-state index contributed by atoms with van der Waals surface area (Å²) in [5, 5.41) is 2.84. The van der Waals surface area contributed by atoms with Crippen LogP contribution in [0.3, 0.4) is 0 Å². The van der Waals surface area contributed by atoms with Gasteiger partial charge in [0.2, 0.25) is 0 Å². The van der Waals surface area contributed by atoms with Crippen molar-refractivity contribution in [2.24, 2.45) is 5.92 Å². The predicted octanol–water partition coefficient (Wildman–Crippen LogP) is 4.19. The number of nitrogens with zero attached hydrogens (tertiary/aromatic N) is 1. The van der Waals surface area contributed by atoms with Crippen molar-refractivity contribution in [1.82, 2.24) is 4.90 Å². The van der Waals surface area contributed by atoms with Crippen LogP contribution in [0.4, 0.5) is 5.69 Å². The fourth-order valence-electron chi connectivity index (χ4n) is 3.51. The maximum atomic E-state index is 12.9. The SMILES string of the molecule is Cc1cccc(C)c1OCC(=O)Nc1ccccc1C(=O)N1CCC(C)CC1. The summed E-state index contributed by atoms with van der Waals surface area (Å²) in [6.07, 6.45) is 2.04. The molecule has 0 aromatic heterocycles. The molecule has 2 aromatic rings. The molecule has 1 heterocycles. The highest BCUT2D eigenvalue weighted by Gasteiger charge is 2.23. The van der Waals surface area contributed by atoms with Gasteiger partial charge in [0.1, 0.15) is 5.75 Å². The minimum atomic E-state index is -0.282. The van der Waals surface area contributed by atoms with Gasteiger partial charge < -0.3 is 15.0 Å². The molecular formula is C23H28N2O3. The van der Waals surface area contributed by atoms with Gasteiger partial charge in [0.15, 0.2) is 6.61 Å². The predicted molar refractivity (Wildman–Crippen MR) is 111 cm³/mol. The topological polar surface area (TPSA) is 58.6 Å². The summed E-state index contributed by atoms with van der Waals surface area (Å²) in [6.45, 7) is 7.54. The number of ether oxygens (including phenoxy) is 1. The molecule has 0 saturated carbocycles. The minimum Gasteiger partial charge on any atom is -0.483 e. The van der Waals surface area contributed by atoms with Crippen molar-refractivity contribution in [2.75, 3.05) is 25.0 Å². The molecule has 1 aliphatic heterocycles. The zero-order valence-corrected chi connectivity index (χ0v) is 16.8. The number of rotatable bonds is 5. The summed E-state index contributed by atoms with van der Waals surface area (Å²) in [5.74, 6) is 1.07. The number of likely N-dealkylation sites (tertiary alicyclic amines) is 1. The number of aryl methyl sites for hydroxylation is 2. The number of anilines is 1. The van der Waals surface area contributed by atoms with E-state index < -0.39 is 0 Å². The van der Waals surface area contributed by atoms with Crippen molar-refractivity contribution >= 4 is 17.5 Å². The zero-order chi connectivity index (χ0) is 20.1. The molecule has 1 aliphatic rings. The number of carbonyl (C=O) groups excluding carboxylic acids is 2. The van der Waals surface area contributed by atoms with Crippen molar-refractivity contribution in [3.63, 3.8) is 0 Å². The lowest BCUT2D eigenvalue weighted by molar-refractivity contribution is -0.118. The highest BCUT2D eigenvalue weighted by atomic mass is 16.5. The summed E-state index contributed by atoms with van der Waals surface area (Å²) < 4.78 is 5.72. The standard InChI is InChI=1S/C23H28N2O3/c1-16-11-13-25(14-12-16)23(27)19-9-4-5-10-20(19)24-21(26)15-28-22-17(2)7-6-8-18(22)3/h4-10,16H,11-15H2,1-3H3,(H,24,26). The molecule has 5 nitrogen and oxygen atoms in total. The summed E-state index contributed by atoms with van der Waals surface area (Å²) in [5.41, 5.74) is 3.03. The molecule has 3 rings (SSSR count). The van der Waals surface area contributed by atoms with Gasteiger partial charge in [0.25, 0.3) is 11.8 Å². The lowest BCUT2D eigenvalue weighted by atomic mass is 9.98. The Hall–Kier alpha value is -2.82. The number of benzene rings is 2. The Morgan fingerprint density at radius 1 is 1.04 bits per heavy atom. The molecular weight excluding hydrogens is 352 g/mol. The molecule has 1 fully saturated rings. The Labute approximate surface area is 166 Å². The fraction of sp³-hybridized carbons (Fsp3) is 0.391. The van der Waals surface area contributed by atoms with Crippen LogP contribution in [-0.4, -0.2) is 36.4 Å². The Morgan fingerprint density at radius 3 is 2.36 bits per heavy atom. The molecule has 0 atom stereocenters. The highest BCUT2D eigenvalue weighted by Crippen LogP contribution is 2.24. The second-order valence-electron chi connectivity index (χ2n) is 7.58. The fourth-order valence-corrected chi connectivity index (χ4v) is 3.51. The van der Waals surface area contributed by atoms with Crippen molar-refractivity contribution in [3.05, 3.63) is 59.2 Å². The monoisotopic (exact) mass is 380 g/mol. The molecule has 0 spiro atoms. The van der Waals surface area contributed by atoms with E-state index in [1.807, 2.05) is 49.1 Å². The molecule has 0 aliphatic carbocycles. The average Bonchev–Trinajstić information content (AvgIpc) is 2.68. The molecule has 5 heteroatoms. The van der Waals surface area contributed by atoms with Crippen molar-refractivity contribution in [3.8, 4) is 5.75 Å². The average molecular weight is 380 g/mol. The molecule has 28 heavy (non-hydrogen) atoms. The maximum Gasteiger partial charge on any atom is 0.262 e. The van der Waals surface area contributed by atoms with E-state index in [1.54, 1.807) is 12.1 Å². The van der Waals surface area contributed by atoms with Gasteiger partial charge in [0.05, 0.1) is 11.3 Å². The summed E-state index contributed by atoms with van der Waals surface area (Å²) in [4.78, 5) is 27.2. The number of hydrogen-bond donors (Lipinski definition) is 1. The number of carbonyl (C=O) groups is 2. The van der Waals surface area contributed by atoms with Crippen molar-refractivity contribution in [1.29, 1.82) is 0 Å². The third-order valence-corrected chi connectivity index (χ3v) is 5.26. The Balaban J connectivity index is 1.66. The molecule has 1 N–H and O–H groups in total. The molecule has 0 bridgehead atoms. The van der Waals surface area contributed by atoms with E-state index in [-0.39, 0.29) is 18.4 Å². The van der Waals surface area contributed by atoms with Gasteiger partial charge in [-0.2, -0.15) is 0 Å². The number of piperidine rings is 1. The Morgan fingerprint density at radius 2 is 1.68 bits per heavy atom. The molecule has 2 aromatic carbocycles. The lowest BCUT2D eigenvalue weighted by Crippen LogP contribution is -2.38. The second kappa shape index (κ2) is 8.91. The first-order chi connectivity index (χ1) is 13.5. The third-order valence-electron chi connectivity index (χ3n) is 5.26. The third kappa shape index (κ3) is 4.71. The van der Waals surface area contributed by atoms with Gasteiger partial charge in [-0.05, 0) is 55.9 Å². The summed E-state index contributed by atoms with van der Waals surface area (Å²) in [7, 11) is 0. The van der Waals surface area contributed by atoms with Crippen LogP contribution in [0.5, 0.6) is 5.75 Å². The first-order valence-electron chi connectivity index (χ1n) is 9.83. The van der Waals surface area contributed by atoms with Crippen LogP contribution >= 0.6 is 0 Å². The normalized spacial score (nSPS) is 14.6. The quantitative estimate of drug-likeness (QED) is 0.846. The van der Waals surface area contributed by atoms with E-state index in [4.69, 9.17) is 4.74 Å². The number of para-hydroxylation sites is 2. The molecule has 2 amide bonds. The molecule has 0 radical (unpaired) electrons. The van der Waals surface area contributed by atoms with Gasteiger partial charge in [-0.1, -0.05) is 37.3 Å². The van der Waals surface area contributed by atoms with E-state index >= 15 is 0 Å². The van der Waals surface area contributed by atoms with E-state index in [1.165, 1.54) is 0 Å². The number of nitrogens with one attached hydrogen (secondary N) is 1. The van der Waals surface area contributed by atoms with E-state index in [0.717, 1.165) is 42.8 Å². The molecule has 148 valence electrons.